The van der Waals surface area contributed by atoms with Crippen molar-refractivity contribution in [3.63, 3.8) is 0 Å². The number of aldehydes is 1. The highest BCUT2D eigenvalue weighted by Gasteiger charge is 2.14. The minimum absolute atomic E-state index is 0.0567. The maximum absolute atomic E-state index is 10.0. The molecule has 0 aromatic rings. The third-order valence-electron chi connectivity index (χ3n) is 0.828. The van der Waals surface area contributed by atoms with E-state index in [0.717, 1.165) is 0 Å². The second kappa shape index (κ2) is 4.03. The van der Waals surface area contributed by atoms with Crippen LogP contribution < -0.4 is 0 Å². The fourth-order valence-corrected chi connectivity index (χ4v) is 0.348. The Labute approximate surface area is 52.4 Å². The summed E-state index contributed by atoms with van der Waals surface area (Å²) in [6.45, 7) is -0.0567. The van der Waals surface area contributed by atoms with Crippen LogP contribution in [-0.2, 0) is 14.3 Å². The second-order valence-corrected chi connectivity index (χ2v) is 1.54. The maximum Gasteiger partial charge on any atom is 0.316 e. The van der Waals surface area contributed by atoms with E-state index in [1.54, 1.807) is 0 Å². The van der Waals surface area contributed by atoms with Gasteiger partial charge in [-0.15, -0.1) is 0 Å². The predicted molar refractivity (Wildman–Crippen MR) is 29.1 cm³/mol. The number of methoxy groups -OCH3 is 1. The van der Waals surface area contributed by atoms with Gasteiger partial charge in [-0.2, -0.15) is 0 Å². The number of aliphatic carboxylic acids is 1. The van der Waals surface area contributed by atoms with E-state index in [1.165, 1.54) is 7.11 Å². The van der Waals surface area contributed by atoms with E-state index < -0.39 is 11.9 Å². The summed E-state index contributed by atoms with van der Waals surface area (Å²) in [7, 11) is 1.35. The van der Waals surface area contributed by atoms with Crippen LogP contribution in [0.3, 0.4) is 0 Å². The van der Waals surface area contributed by atoms with Crippen molar-refractivity contribution in [3.8, 4) is 0 Å². The minimum Gasteiger partial charge on any atom is -0.481 e. The zero-order valence-corrected chi connectivity index (χ0v) is 5.03. The van der Waals surface area contributed by atoms with E-state index in [-0.39, 0.29) is 6.61 Å². The van der Waals surface area contributed by atoms with Crippen molar-refractivity contribution in [1.29, 1.82) is 0 Å². The molecule has 0 aromatic carbocycles. The normalized spacial score (nSPS) is 12.6. The summed E-state index contributed by atoms with van der Waals surface area (Å²) in [6, 6.07) is 0. The first kappa shape index (κ1) is 8.10. The zero-order chi connectivity index (χ0) is 7.28. The van der Waals surface area contributed by atoms with Crippen molar-refractivity contribution in [2.45, 2.75) is 0 Å². The molecule has 0 aromatic heterocycles. The largest absolute Gasteiger partial charge is 0.481 e. The summed E-state index contributed by atoms with van der Waals surface area (Å²) < 4.78 is 4.44. The van der Waals surface area contributed by atoms with Gasteiger partial charge in [0.25, 0.3) is 0 Å². The highest BCUT2D eigenvalue weighted by atomic mass is 16.5. The molecule has 4 heteroatoms. The molecule has 0 radical (unpaired) electrons. The summed E-state index contributed by atoms with van der Waals surface area (Å²) >= 11 is 0. The van der Waals surface area contributed by atoms with Crippen LogP contribution in [0.1, 0.15) is 0 Å². The summed E-state index contributed by atoms with van der Waals surface area (Å²) in [4.78, 5) is 19.9. The van der Waals surface area contributed by atoms with E-state index in [0.29, 0.717) is 6.29 Å². The first-order chi connectivity index (χ1) is 4.22. The molecular formula is C5H8O4. The third kappa shape index (κ3) is 2.81. The fraction of sp³-hybridized carbons (Fsp3) is 0.600. The molecule has 0 aliphatic heterocycles. The molecule has 1 atom stereocenters. The van der Waals surface area contributed by atoms with E-state index in [4.69, 9.17) is 5.11 Å². The van der Waals surface area contributed by atoms with Crippen LogP contribution in [0.15, 0.2) is 0 Å². The lowest BCUT2D eigenvalue weighted by Gasteiger charge is -2.00. The number of carbonyl (C=O) groups excluding carboxylic acids is 1. The van der Waals surface area contributed by atoms with Crippen LogP contribution >= 0.6 is 0 Å². The predicted octanol–water partition coefficient (Wildman–Crippen LogP) is -0.468. The molecule has 0 saturated heterocycles. The van der Waals surface area contributed by atoms with Gasteiger partial charge in [0.15, 0.2) is 0 Å². The Morgan fingerprint density at radius 2 is 2.44 bits per heavy atom. The molecule has 4 nitrogen and oxygen atoms in total. The average molecular weight is 132 g/mol. The van der Waals surface area contributed by atoms with Gasteiger partial charge >= 0.3 is 5.97 Å². The van der Waals surface area contributed by atoms with Gasteiger partial charge in [-0.3, -0.25) is 4.79 Å². The Kier molecular flexibility index (Phi) is 3.62. The van der Waals surface area contributed by atoms with Gasteiger partial charge in [0.2, 0.25) is 0 Å². The first-order valence-corrected chi connectivity index (χ1v) is 2.39. The smallest absolute Gasteiger partial charge is 0.316 e. The van der Waals surface area contributed by atoms with Gasteiger partial charge < -0.3 is 14.6 Å². The molecule has 0 heterocycles. The van der Waals surface area contributed by atoms with Crippen molar-refractivity contribution < 1.29 is 19.4 Å². The number of hydrogen-bond donors (Lipinski definition) is 1. The molecule has 0 aliphatic rings. The number of carbonyl (C=O) groups is 2. The van der Waals surface area contributed by atoms with Crippen molar-refractivity contribution in [3.05, 3.63) is 0 Å². The van der Waals surface area contributed by atoms with Crippen LogP contribution in [-0.4, -0.2) is 31.1 Å². The maximum atomic E-state index is 10.0. The SMILES string of the molecule is COCC(C=O)C(=O)O. The van der Waals surface area contributed by atoms with E-state index in [9.17, 15) is 9.59 Å². The van der Waals surface area contributed by atoms with E-state index in [1.807, 2.05) is 0 Å². The highest BCUT2D eigenvalue weighted by Crippen LogP contribution is 1.90. The monoisotopic (exact) mass is 132 g/mol. The molecular weight excluding hydrogens is 124 g/mol. The van der Waals surface area contributed by atoms with Crippen LogP contribution in [0, 0.1) is 5.92 Å². The van der Waals surface area contributed by atoms with Crippen molar-refractivity contribution >= 4 is 12.3 Å². The molecule has 52 valence electrons. The topological polar surface area (TPSA) is 63.6 Å². The standard InChI is InChI=1S/C5H8O4/c1-9-3-4(2-6)5(7)8/h2,4H,3H2,1H3,(H,7,8). The number of carboxylic acid groups (broad SMARTS) is 1. The Balaban J connectivity index is 3.68. The lowest BCUT2D eigenvalue weighted by Crippen LogP contribution is -2.19. The summed E-state index contributed by atoms with van der Waals surface area (Å²) in [5.74, 6) is -2.16. The van der Waals surface area contributed by atoms with Gasteiger partial charge in [0.05, 0.1) is 6.61 Å². The molecule has 0 rings (SSSR count). The van der Waals surface area contributed by atoms with Gasteiger partial charge in [-0.05, 0) is 0 Å². The fourth-order valence-electron chi connectivity index (χ4n) is 0.348. The molecule has 0 aliphatic carbocycles. The number of ether oxygens (including phenoxy) is 1. The lowest BCUT2D eigenvalue weighted by molar-refractivity contribution is -0.145. The van der Waals surface area contributed by atoms with Crippen LogP contribution in [0.2, 0.25) is 0 Å². The van der Waals surface area contributed by atoms with Crippen molar-refractivity contribution in [1.82, 2.24) is 0 Å². The van der Waals surface area contributed by atoms with Gasteiger partial charge in [0.1, 0.15) is 12.2 Å². The second-order valence-electron chi connectivity index (χ2n) is 1.54. The third-order valence-corrected chi connectivity index (χ3v) is 0.828. The van der Waals surface area contributed by atoms with Gasteiger partial charge in [0, 0.05) is 7.11 Å². The molecule has 0 spiro atoms. The molecule has 0 fully saturated rings. The highest BCUT2D eigenvalue weighted by molar-refractivity contribution is 5.86. The molecule has 0 amide bonds. The lowest BCUT2D eigenvalue weighted by atomic mass is 10.2. The minimum atomic E-state index is -1.15. The van der Waals surface area contributed by atoms with E-state index in [2.05, 4.69) is 4.74 Å². The Hall–Kier alpha value is -0.900. The number of rotatable bonds is 4. The Morgan fingerprint density at radius 1 is 1.89 bits per heavy atom. The summed E-state index contributed by atoms with van der Waals surface area (Å²) in [5.41, 5.74) is 0. The van der Waals surface area contributed by atoms with Crippen LogP contribution in [0.25, 0.3) is 0 Å². The molecule has 9 heavy (non-hydrogen) atoms. The van der Waals surface area contributed by atoms with Crippen molar-refractivity contribution in [2.24, 2.45) is 5.92 Å². The Bertz CT molecular complexity index is 110. The molecule has 0 saturated carbocycles. The summed E-state index contributed by atoms with van der Waals surface area (Å²) in [5, 5.41) is 8.19. The summed E-state index contributed by atoms with van der Waals surface area (Å²) in [6.07, 6.45) is 0.353. The first-order valence-electron chi connectivity index (χ1n) is 2.39. The number of hydrogen-bond acceptors (Lipinski definition) is 3. The van der Waals surface area contributed by atoms with Crippen LogP contribution in [0.4, 0.5) is 0 Å². The quantitative estimate of drug-likeness (QED) is 0.415. The van der Waals surface area contributed by atoms with Gasteiger partial charge in [-0.1, -0.05) is 0 Å². The number of carboxylic acids is 1. The van der Waals surface area contributed by atoms with Crippen LogP contribution in [0.5, 0.6) is 0 Å². The average Bonchev–Trinajstić information content (AvgIpc) is 1.82. The molecule has 1 N–H and O–H groups in total. The molecule has 0 bridgehead atoms. The Morgan fingerprint density at radius 3 is 2.56 bits per heavy atom. The van der Waals surface area contributed by atoms with Crippen molar-refractivity contribution in [2.75, 3.05) is 13.7 Å². The van der Waals surface area contributed by atoms with E-state index >= 15 is 0 Å². The zero-order valence-electron chi connectivity index (χ0n) is 5.03. The molecule has 1 unspecified atom stereocenters. The van der Waals surface area contributed by atoms with Gasteiger partial charge in [-0.25, -0.2) is 0 Å².